The van der Waals surface area contributed by atoms with Crippen LogP contribution >= 0.6 is 23.2 Å². The molecule has 2 aliphatic rings. The lowest BCUT2D eigenvalue weighted by molar-refractivity contribution is -0.112. The summed E-state index contributed by atoms with van der Waals surface area (Å²) in [6, 6.07) is 14.1. The summed E-state index contributed by atoms with van der Waals surface area (Å²) < 4.78 is 13.7. The first-order valence-electron chi connectivity index (χ1n) is 16.9. The second kappa shape index (κ2) is 15.4. The van der Waals surface area contributed by atoms with Crippen LogP contribution in [-0.2, 0) is 22.5 Å². The van der Waals surface area contributed by atoms with Gasteiger partial charge in [-0.2, -0.15) is 5.10 Å². The van der Waals surface area contributed by atoms with E-state index in [4.69, 9.17) is 37.8 Å². The SMILES string of the molecule is Cc1cc(OCCCC2=C(C(=O)Nc3cccc(C(=O)O)c3)Cc3c2ccc(Cl)c3-c2c(C)nn(CCN3CCOCC3)c2C)cc(C)c1Cl. The molecule has 4 aromatic rings. The molecular formula is C39H42Cl2N4O5. The number of carbonyl (C=O) groups is 2. The van der Waals surface area contributed by atoms with E-state index in [0.717, 1.165) is 101 Å². The van der Waals surface area contributed by atoms with Gasteiger partial charge >= 0.3 is 5.97 Å². The highest BCUT2D eigenvalue weighted by Gasteiger charge is 2.31. The van der Waals surface area contributed by atoms with E-state index in [1.54, 1.807) is 12.1 Å². The fourth-order valence-corrected chi connectivity index (χ4v) is 7.39. The Labute approximate surface area is 302 Å². The van der Waals surface area contributed by atoms with Crippen LogP contribution in [0.1, 0.15) is 56.8 Å². The van der Waals surface area contributed by atoms with Crippen molar-refractivity contribution in [1.82, 2.24) is 14.7 Å². The second-order valence-corrected chi connectivity index (χ2v) is 13.8. The lowest BCUT2D eigenvalue weighted by Crippen LogP contribution is -2.38. The molecule has 6 rings (SSSR count). The Morgan fingerprint density at radius 3 is 2.44 bits per heavy atom. The van der Waals surface area contributed by atoms with Crippen LogP contribution in [-0.4, -0.2) is 71.1 Å². The molecule has 1 fully saturated rings. The number of carbonyl (C=O) groups excluding carboxylic acids is 1. The molecule has 1 aromatic heterocycles. The second-order valence-electron chi connectivity index (χ2n) is 13.0. The predicted molar refractivity (Wildman–Crippen MR) is 198 cm³/mol. The summed E-state index contributed by atoms with van der Waals surface area (Å²) in [5.41, 5.74) is 9.73. The number of carboxylic acid groups (broad SMARTS) is 1. The van der Waals surface area contributed by atoms with Gasteiger partial charge in [-0.3, -0.25) is 14.4 Å². The number of allylic oxidation sites excluding steroid dienone is 1. The van der Waals surface area contributed by atoms with E-state index in [-0.39, 0.29) is 11.5 Å². The van der Waals surface area contributed by atoms with Crippen molar-refractivity contribution >= 4 is 46.3 Å². The summed E-state index contributed by atoms with van der Waals surface area (Å²) in [5, 5.41) is 18.7. The van der Waals surface area contributed by atoms with E-state index >= 15 is 0 Å². The van der Waals surface area contributed by atoms with Gasteiger partial charge in [0.2, 0.25) is 0 Å². The average Bonchev–Trinajstić information content (AvgIpc) is 3.60. The number of halogens is 2. The summed E-state index contributed by atoms with van der Waals surface area (Å²) in [6.07, 6.45) is 1.63. The van der Waals surface area contributed by atoms with Crippen LogP contribution in [0.15, 0.2) is 54.1 Å². The summed E-state index contributed by atoms with van der Waals surface area (Å²) >= 11 is 13.4. The number of anilines is 1. The number of nitrogens with zero attached hydrogens (tertiary/aromatic N) is 3. The molecule has 1 amide bonds. The molecule has 1 saturated heterocycles. The van der Waals surface area contributed by atoms with Crippen LogP contribution in [0.4, 0.5) is 5.69 Å². The number of hydrogen-bond donors (Lipinski definition) is 2. The van der Waals surface area contributed by atoms with E-state index in [2.05, 4.69) is 21.8 Å². The number of amides is 1. The first-order chi connectivity index (χ1) is 24.0. The molecule has 0 radical (unpaired) electrons. The van der Waals surface area contributed by atoms with Crippen LogP contribution in [0.3, 0.4) is 0 Å². The highest BCUT2D eigenvalue weighted by Crippen LogP contribution is 2.46. The van der Waals surface area contributed by atoms with Crippen molar-refractivity contribution in [1.29, 1.82) is 0 Å². The van der Waals surface area contributed by atoms with Gasteiger partial charge < -0.3 is 19.9 Å². The highest BCUT2D eigenvalue weighted by atomic mass is 35.5. The van der Waals surface area contributed by atoms with E-state index in [0.29, 0.717) is 42.2 Å². The third-order valence-electron chi connectivity index (χ3n) is 9.56. The fourth-order valence-electron chi connectivity index (χ4n) is 7.01. The van der Waals surface area contributed by atoms with E-state index in [1.165, 1.54) is 12.1 Å². The van der Waals surface area contributed by atoms with Gasteiger partial charge in [0, 0.05) is 64.2 Å². The zero-order chi connectivity index (χ0) is 35.5. The van der Waals surface area contributed by atoms with E-state index in [9.17, 15) is 14.7 Å². The minimum Gasteiger partial charge on any atom is -0.494 e. The summed E-state index contributed by atoms with van der Waals surface area (Å²) in [7, 11) is 0. The van der Waals surface area contributed by atoms with Crippen molar-refractivity contribution in [3.8, 4) is 16.9 Å². The minimum absolute atomic E-state index is 0.0992. The van der Waals surface area contributed by atoms with Gasteiger partial charge in [-0.05, 0) is 105 Å². The highest BCUT2D eigenvalue weighted by molar-refractivity contribution is 6.34. The van der Waals surface area contributed by atoms with Gasteiger partial charge in [0.1, 0.15) is 5.75 Å². The fraction of sp³-hybridized carbons (Fsp3) is 0.359. The van der Waals surface area contributed by atoms with Crippen molar-refractivity contribution in [2.24, 2.45) is 0 Å². The van der Waals surface area contributed by atoms with Crippen molar-refractivity contribution < 1.29 is 24.2 Å². The predicted octanol–water partition coefficient (Wildman–Crippen LogP) is 7.93. The third-order valence-corrected chi connectivity index (χ3v) is 10.5. The third kappa shape index (κ3) is 7.61. The van der Waals surface area contributed by atoms with Crippen molar-refractivity contribution in [3.05, 3.63) is 103 Å². The van der Waals surface area contributed by atoms with Crippen molar-refractivity contribution in [2.75, 3.05) is 44.8 Å². The molecule has 2 N–H and O–H groups in total. The molecule has 0 atom stereocenters. The monoisotopic (exact) mass is 716 g/mol. The summed E-state index contributed by atoms with van der Waals surface area (Å²) in [6.45, 7) is 13.4. The Bertz CT molecular complexity index is 1960. The summed E-state index contributed by atoms with van der Waals surface area (Å²) in [4.78, 5) is 28.0. The topological polar surface area (TPSA) is 106 Å². The molecule has 0 bridgehead atoms. The van der Waals surface area contributed by atoms with E-state index in [1.807, 2.05) is 45.0 Å². The largest absolute Gasteiger partial charge is 0.494 e. The Kier molecular flexibility index (Phi) is 11.0. The van der Waals surface area contributed by atoms with Crippen molar-refractivity contribution in [2.45, 2.75) is 53.5 Å². The molecule has 1 aliphatic heterocycles. The molecule has 50 heavy (non-hydrogen) atoms. The molecule has 2 heterocycles. The van der Waals surface area contributed by atoms with Gasteiger partial charge in [-0.25, -0.2) is 4.79 Å². The molecule has 1 aliphatic carbocycles. The van der Waals surface area contributed by atoms with Gasteiger partial charge in [-0.1, -0.05) is 35.3 Å². The van der Waals surface area contributed by atoms with Crippen LogP contribution in [0.2, 0.25) is 10.0 Å². The van der Waals surface area contributed by atoms with Gasteiger partial charge in [0.15, 0.2) is 0 Å². The minimum atomic E-state index is -1.06. The first kappa shape index (κ1) is 35.7. The quantitative estimate of drug-likeness (QED) is 0.144. The lowest BCUT2D eigenvalue weighted by Gasteiger charge is -2.26. The zero-order valence-electron chi connectivity index (χ0n) is 28.9. The molecule has 262 valence electrons. The van der Waals surface area contributed by atoms with Gasteiger partial charge in [0.25, 0.3) is 5.91 Å². The van der Waals surface area contributed by atoms with Crippen LogP contribution in [0.25, 0.3) is 16.7 Å². The standard InChI is InChI=1S/C39H42Cl2N4O5/c1-23-19-29(20-24(2)37(23)41)50-16-6-9-30-31-10-11-34(40)36(35-25(3)43-45(26(35)4)13-12-44-14-17-49-18-15-44)32(31)22-33(30)38(46)42-28-8-5-7-27(21-28)39(47)48/h5,7-8,10-11,19-21H,6,9,12-18,22H2,1-4H3,(H,42,46)(H,47,48). The maximum Gasteiger partial charge on any atom is 0.335 e. The Morgan fingerprint density at radius 2 is 1.72 bits per heavy atom. The normalized spacial score (nSPS) is 14.6. The van der Waals surface area contributed by atoms with Gasteiger partial charge in [-0.15, -0.1) is 0 Å². The number of aromatic carboxylic acids is 1. The van der Waals surface area contributed by atoms with Gasteiger partial charge in [0.05, 0.1) is 37.6 Å². The number of rotatable bonds is 12. The molecule has 11 heteroatoms. The maximum absolute atomic E-state index is 14.0. The average molecular weight is 718 g/mol. The number of carboxylic acids is 1. The van der Waals surface area contributed by atoms with Crippen LogP contribution < -0.4 is 10.1 Å². The Balaban J connectivity index is 1.30. The van der Waals surface area contributed by atoms with Crippen LogP contribution in [0.5, 0.6) is 5.75 Å². The Hall–Kier alpha value is -4.15. The molecular weight excluding hydrogens is 675 g/mol. The molecule has 0 unspecified atom stereocenters. The van der Waals surface area contributed by atoms with E-state index < -0.39 is 5.97 Å². The number of nitrogens with one attached hydrogen (secondary N) is 1. The number of hydrogen-bond acceptors (Lipinski definition) is 6. The number of aromatic nitrogens is 2. The van der Waals surface area contributed by atoms with Crippen molar-refractivity contribution in [3.63, 3.8) is 0 Å². The number of benzene rings is 3. The molecule has 0 saturated carbocycles. The molecule has 9 nitrogen and oxygen atoms in total. The smallest absolute Gasteiger partial charge is 0.335 e. The van der Waals surface area contributed by atoms with Crippen LogP contribution in [0, 0.1) is 27.7 Å². The number of ether oxygens (including phenoxy) is 2. The summed E-state index contributed by atoms with van der Waals surface area (Å²) in [5.74, 6) is -0.580. The zero-order valence-corrected chi connectivity index (χ0v) is 30.4. The maximum atomic E-state index is 14.0. The lowest BCUT2D eigenvalue weighted by atomic mass is 9.93. The Morgan fingerprint density at radius 1 is 0.980 bits per heavy atom. The number of aryl methyl sites for hydroxylation is 3. The molecule has 0 spiro atoms. The first-order valence-corrected chi connectivity index (χ1v) is 17.7. The number of fused-ring (bicyclic) bond motifs is 1. The number of morpholine rings is 1. The molecule has 3 aromatic carbocycles.